The highest BCUT2D eigenvalue weighted by molar-refractivity contribution is 5.77. The minimum absolute atomic E-state index is 0.0195. The van der Waals surface area contributed by atoms with Gasteiger partial charge in [-0.2, -0.15) is 0 Å². The molecule has 0 aliphatic carbocycles. The van der Waals surface area contributed by atoms with E-state index in [0.29, 0.717) is 25.8 Å². The quantitative estimate of drug-likeness (QED) is 0.784. The number of hydrogen-bond donors (Lipinski definition) is 2. The van der Waals surface area contributed by atoms with E-state index in [2.05, 4.69) is 29.6 Å². The number of rotatable bonds is 8. The number of aliphatic hydroxyl groups excluding tert-OH is 1. The van der Waals surface area contributed by atoms with E-state index < -0.39 is 0 Å². The Morgan fingerprint density at radius 2 is 1.52 bits per heavy atom. The van der Waals surface area contributed by atoms with Gasteiger partial charge in [0.25, 0.3) is 0 Å². The summed E-state index contributed by atoms with van der Waals surface area (Å²) in [6, 6.07) is 20.2. The molecule has 2 rings (SSSR count). The van der Waals surface area contributed by atoms with Gasteiger partial charge in [0.15, 0.2) is 0 Å². The molecule has 0 aromatic heterocycles. The van der Waals surface area contributed by atoms with E-state index in [1.165, 1.54) is 0 Å². The van der Waals surface area contributed by atoms with Crippen molar-refractivity contribution in [1.29, 1.82) is 0 Å². The fourth-order valence-electron chi connectivity index (χ4n) is 2.64. The van der Waals surface area contributed by atoms with Crippen LogP contribution in [0.25, 0.3) is 0 Å². The molecule has 1 amide bonds. The summed E-state index contributed by atoms with van der Waals surface area (Å²) in [4.78, 5) is 12.3. The Labute approximate surface area is 138 Å². The monoisotopic (exact) mass is 311 g/mol. The van der Waals surface area contributed by atoms with Crippen molar-refractivity contribution in [3.05, 3.63) is 71.8 Å². The van der Waals surface area contributed by atoms with Crippen LogP contribution in [-0.4, -0.2) is 23.7 Å². The molecule has 0 fully saturated rings. The normalized spacial score (nSPS) is 12.1. The molecular formula is C20H25NO2. The van der Waals surface area contributed by atoms with Crippen molar-refractivity contribution in [3.8, 4) is 0 Å². The van der Waals surface area contributed by atoms with Crippen LogP contribution in [-0.2, 0) is 4.79 Å². The molecule has 0 spiro atoms. The Balaban J connectivity index is 2.03. The molecule has 2 aromatic carbocycles. The van der Waals surface area contributed by atoms with Crippen LogP contribution in [0.2, 0.25) is 0 Å². The highest BCUT2D eigenvalue weighted by atomic mass is 16.3. The number of hydrogen-bond acceptors (Lipinski definition) is 2. The smallest absolute Gasteiger partial charge is 0.220 e. The molecule has 0 aliphatic heterocycles. The second kappa shape index (κ2) is 9.11. The second-order valence-corrected chi connectivity index (χ2v) is 5.78. The lowest BCUT2D eigenvalue weighted by Crippen LogP contribution is -2.28. The lowest BCUT2D eigenvalue weighted by molar-refractivity contribution is -0.121. The average molecular weight is 311 g/mol. The van der Waals surface area contributed by atoms with Crippen molar-refractivity contribution >= 4 is 5.91 Å². The average Bonchev–Trinajstić information content (AvgIpc) is 2.61. The first-order valence-electron chi connectivity index (χ1n) is 8.25. The maximum Gasteiger partial charge on any atom is 0.220 e. The molecule has 1 unspecified atom stereocenters. The Morgan fingerprint density at radius 3 is 2.00 bits per heavy atom. The van der Waals surface area contributed by atoms with Crippen molar-refractivity contribution in [2.24, 2.45) is 0 Å². The minimum Gasteiger partial charge on any atom is -0.393 e. The van der Waals surface area contributed by atoms with E-state index in [-0.39, 0.29) is 17.9 Å². The van der Waals surface area contributed by atoms with Gasteiger partial charge in [0, 0.05) is 18.9 Å². The molecule has 23 heavy (non-hydrogen) atoms. The lowest BCUT2D eigenvalue weighted by Gasteiger charge is -2.18. The van der Waals surface area contributed by atoms with Gasteiger partial charge >= 0.3 is 0 Å². The molecule has 0 saturated carbocycles. The van der Waals surface area contributed by atoms with Crippen molar-refractivity contribution in [2.45, 2.75) is 38.2 Å². The van der Waals surface area contributed by atoms with Crippen LogP contribution in [0.5, 0.6) is 0 Å². The number of carbonyl (C=O) groups excluding carboxylic acids is 1. The molecule has 0 radical (unpaired) electrons. The standard InChI is InChI=1S/C20H25NO2/c1-2-18(22)13-14-21-20(23)15-19(16-9-5-3-6-10-16)17-11-7-4-8-12-17/h3-12,18-19,22H,2,13-15H2,1H3,(H,21,23). The Bertz CT molecular complexity index is 544. The Morgan fingerprint density at radius 1 is 1.00 bits per heavy atom. The zero-order chi connectivity index (χ0) is 16.5. The van der Waals surface area contributed by atoms with E-state index in [0.717, 1.165) is 11.1 Å². The molecule has 2 aromatic rings. The third kappa shape index (κ3) is 5.53. The largest absolute Gasteiger partial charge is 0.393 e. The van der Waals surface area contributed by atoms with Crippen molar-refractivity contribution in [3.63, 3.8) is 0 Å². The predicted molar refractivity (Wildman–Crippen MR) is 93.3 cm³/mol. The molecule has 122 valence electrons. The summed E-state index contributed by atoms with van der Waals surface area (Å²) in [6.07, 6.45) is 1.39. The van der Waals surface area contributed by atoms with Crippen molar-refractivity contribution < 1.29 is 9.90 Å². The molecule has 2 N–H and O–H groups in total. The van der Waals surface area contributed by atoms with Gasteiger partial charge in [-0.1, -0.05) is 67.6 Å². The number of nitrogens with one attached hydrogen (secondary N) is 1. The van der Waals surface area contributed by atoms with Crippen molar-refractivity contribution in [2.75, 3.05) is 6.54 Å². The summed E-state index contributed by atoms with van der Waals surface area (Å²) in [5.74, 6) is 0.0690. The van der Waals surface area contributed by atoms with Gasteiger partial charge in [0.05, 0.1) is 6.10 Å². The van der Waals surface area contributed by atoms with Gasteiger partial charge in [0.1, 0.15) is 0 Å². The third-order valence-corrected chi connectivity index (χ3v) is 4.06. The van der Waals surface area contributed by atoms with E-state index in [9.17, 15) is 9.90 Å². The number of aliphatic hydroxyl groups is 1. The van der Waals surface area contributed by atoms with Crippen LogP contribution in [0.15, 0.2) is 60.7 Å². The van der Waals surface area contributed by atoms with Crippen LogP contribution >= 0.6 is 0 Å². The number of amides is 1. The molecule has 0 saturated heterocycles. The van der Waals surface area contributed by atoms with Gasteiger partial charge in [-0.05, 0) is 24.0 Å². The predicted octanol–water partition coefficient (Wildman–Crippen LogP) is 3.49. The van der Waals surface area contributed by atoms with Gasteiger partial charge in [-0.3, -0.25) is 4.79 Å². The van der Waals surface area contributed by atoms with Crippen LogP contribution < -0.4 is 5.32 Å². The van der Waals surface area contributed by atoms with Gasteiger partial charge in [0.2, 0.25) is 5.91 Å². The minimum atomic E-state index is -0.339. The Hall–Kier alpha value is -2.13. The van der Waals surface area contributed by atoms with E-state index in [1.807, 2.05) is 43.3 Å². The summed E-state index contributed by atoms with van der Waals surface area (Å²) in [5, 5.41) is 12.5. The first kappa shape index (κ1) is 17.2. The molecule has 3 heteroatoms. The van der Waals surface area contributed by atoms with Gasteiger partial charge in [-0.15, -0.1) is 0 Å². The van der Waals surface area contributed by atoms with Gasteiger partial charge < -0.3 is 10.4 Å². The first-order chi connectivity index (χ1) is 11.2. The molecule has 3 nitrogen and oxygen atoms in total. The maximum absolute atomic E-state index is 12.3. The van der Waals surface area contributed by atoms with Crippen LogP contribution in [0.3, 0.4) is 0 Å². The van der Waals surface area contributed by atoms with E-state index in [1.54, 1.807) is 0 Å². The molecule has 1 atom stereocenters. The summed E-state index contributed by atoms with van der Waals surface area (Å²) in [5.41, 5.74) is 2.28. The Kier molecular flexibility index (Phi) is 6.82. The van der Waals surface area contributed by atoms with E-state index in [4.69, 9.17) is 0 Å². The number of carbonyl (C=O) groups is 1. The van der Waals surface area contributed by atoms with Gasteiger partial charge in [-0.25, -0.2) is 0 Å². The zero-order valence-corrected chi connectivity index (χ0v) is 13.6. The van der Waals surface area contributed by atoms with Crippen LogP contribution in [0.1, 0.15) is 43.2 Å². The fourth-order valence-corrected chi connectivity index (χ4v) is 2.64. The summed E-state index contributed by atoms with van der Waals surface area (Å²) >= 11 is 0. The van der Waals surface area contributed by atoms with Crippen molar-refractivity contribution in [1.82, 2.24) is 5.32 Å². The van der Waals surface area contributed by atoms with Crippen LogP contribution in [0, 0.1) is 0 Å². The first-order valence-corrected chi connectivity index (χ1v) is 8.25. The topological polar surface area (TPSA) is 49.3 Å². The maximum atomic E-state index is 12.3. The second-order valence-electron chi connectivity index (χ2n) is 5.78. The summed E-state index contributed by atoms with van der Waals surface area (Å²) < 4.78 is 0. The highest BCUT2D eigenvalue weighted by Gasteiger charge is 2.17. The SMILES string of the molecule is CCC(O)CCNC(=O)CC(c1ccccc1)c1ccccc1. The highest BCUT2D eigenvalue weighted by Crippen LogP contribution is 2.27. The molecule has 0 bridgehead atoms. The fraction of sp³-hybridized carbons (Fsp3) is 0.350. The number of benzene rings is 2. The molecular weight excluding hydrogens is 286 g/mol. The molecule has 0 heterocycles. The summed E-state index contributed by atoms with van der Waals surface area (Å²) in [6.45, 7) is 2.46. The zero-order valence-electron chi connectivity index (χ0n) is 13.6. The van der Waals surface area contributed by atoms with E-state index >= 15 is 0 Å². The molecule has 0 aliphatic rings. The third-order valence-electron chi connectivity index (χ3n) is 4.06. The van der Waals surface area contributed by atoms with Crippen LogP contribution in [0.4, 0.5) is 0 Å². The summed E-state index contributed by atoms with van der Waals surface area (Å²) in [7, 11) is 0. The lowest BCUT2D eigenvalue weighted by atomic mass is 9.88.